The third kappa shape index (κ3) is 2.32. The predicted molar refractivity (Wildman–Crippen MR) is 64.8 cm³/mol. The molecule has 0 saturated carbocycles. The lowest BCUT2D eigenvalue weighted by Gasteiger charge is -2.16. The van der Waals surface area contributed by atoms with Gasteiger partial charge in [-0.05, 0) is 24.1 Å². The molecule has 15 heavy (non-hydrogen) atoms. The highest BCUT2D eigenvalue weighted by atomic mass is 35.5. The molecular formula is C12H15ClN2. The van der Waals surface area contributed by atoms with Crippen LogP contribution in [0.5, 0.6) is 0 Å². The molecule has 0 amide bonds. The summed E-state index contributed by atoms with van der Waals surface area (Å²) in [6.45, 7) is 4.03. The Bertz CT molecular complexity index is 374. The molecule has 0 spiro atoms. The summed E-state index contributed by atoms with van der Waals surface area (Å²) < 4.78 is 0. The third-order valence-corrected chi connectivity index (χ3v) is 2.92. The highest BCUT2D eigenvalue weighted by molar-refractivity contribution is 6.30. The highest BCUT2D eigenvalue weighted by Crippen LogP contribution is 2.24. The standard InChI is InChI=1S/C12H15ClN2/c1-2-11(12-14-6-7-15-12)9-4-3-5-10(13)8-9/h3-5,8,11H,2,6-7H2,1H3,(H,14,15). The van der Waals surface area contributed by atoms with E-state index in [-0.39, 0.29) is 0 Å². The zero-order chi connectivity index (χ0) is 10.7. The molecule has 0 radical (unpaired) electrons. The van der Waals surface area contributed by atoms with Gasteiger partial charge in [-0.3, -0.25) is 4.99 Å². The van der Waals surface area contributed by atoms with Crippen LogP contribution >= 0.6 is 11.6 Å². The molecule has 1 aromatic rings. The van der Waals surface area contributed by atoms with Crippen LogP contribution in [0, 0.1) is 0 Å². The molecular weight excluding hydrogens is 208 g/mol. The van der Waals surface area contributed by atoms with Gasteiger partial charge in [0, 0.05) is 17.5 Å². The van der Waals surface area contributed by atoms with Crippen LogP contribution in [0.25, 0.3) is 0 Å². The number of hydrogen-bond acceptors (Lipinski definition) is 2. The summed E-state index contributed by atoms with van der Waals surface area (Å²) in [5.41, 5.74) is 1.25. The minimum Gasteiger partial charge on any atom is -0.371 e. The van der Waals surface area contributed by atoms with Crippen LogP contribution in [-0.4, -0.2) is 18.9 Å². The fourth-order valence-corrected chi connectivity index (χ4v) is 2.16. The van der Waals surface area contributed by atoms with Gasteiger partial charge in [0.2, 0.25) is 0 Å². The Kier molecular flexibility index (Phi) is 3.27. The van der Waals surface area contributed by atoms with Crippen molar-refractivity contribution in [3.05, 3.63) is 34.9 Å². The lowest BCUT2D eigenvalue weighted by molar-refractivity contribution is 0.815. The number of nitrogens with one attached hydrogen (secondary N) is 1. The first-order valence-electron chi connectivity index (χ1n) is 5.35. The van der Waals surface area contributed by atoms with E-state index in [4.69, 9.17) is 11.6 Å². The van der Waals surface area contributed by atoms with Gasteiger partial charge in [-0.25, -0.2) is 0 Å². The summed E-state index contributed by atoms with van der Waals surface area (Å²) in [5, 5.41) is 4.13. The van der Waals surface area contributed by atoms with Gasteiger partial charge in [-0.2, -0.15) is 0 Å². The van der Waals surface area contributed by atoms with E-state index in [1.807, 2.05) is 18.2 Å². The summed E-state index contributed by atoms with van der Waals surface area (Å²) in [6, 6.07) is 8.04. The number of aliphatic imine (C=N–C) groups is 1. The van der Waals surface area contributed by atoms with Crippen molar-refractivity contribution >= 4 is 17.4 Å². The van der Waals surface area contributed by atoms with E-state index in [0.29, 0.717) is 5.92 Å². The SMILES string of the molecule is CCC(C1=NCCN1)c1cccc(Cl)c1. The topological polar surface area (TPSA) is 24.4 Å². The molecule has 0 saturated heterocycles. The van der Waals surface area contributed by atoms with E-state index in [1.165, 1.54) is 5.56 Å². The molecule has 0 bridgehead atoms. The largest absolute Gasteiger partial charge is 0.371 e. The number of nitrogens with zero attached hydrogens (tertiary/aromatic N) is 1. The molecule has 1 atom stereocenters. The van der Waals surface area contributed by atoms with E-state index in [2.05, 4.69) is 23.3 Å². The van der Waals surface area contributed by atoms with Crippen LogP contribution in [-0.2, 0) is 0 Å². The lowest BCUT2D eigenvalue weighted by Crippen LogP contribution is -2.25. The molecule has 2 nitrogen and oxygen atoms in total. The fraction of sp³-hybridized carbons (Fsp3) is 0.417. The fourth-order valence-electron chi connectivity index (χ4n) is 1.96. The highest BCUT2D eigenvalue weighted by Gasteiger charge is 2.18. The molecule has 0 aliphatic carbocycles. The van der Waals surface area contributed by atoms with Gasteiger partial charge >= 0.3 is 0 Å². The van der Waals surface area contributed by atoms with E-state index >= 15 is 0 Å². The molecule has 1 N–H and O–H groups in total. The monoisotopic (exact) mass is 222 g/mol. The second kappa shape index (κ2) is 4.67. The lowest BCUT2D eigenvalue weighted by atomic mass is 9.95. The quantitative estimate of drug-likeness (QED) is 0.836. The molecule has 1 heterocycles. The van der Waals surface area contributed by atoms with Crippen molar-refractivity contribution in [2.75, 3.05) is 13.1 Å². The van der Waals surface area contributed by atoms with Crippen molar-refractivity contribution in [3.8, 4) is 0 Å². The molecule has 0 aromatic heterocycles. The Balaban J connectivity index is 2.26. The Morgan fingerprint density at radius 3 is 3.00 bits per heavy atom. The van der Waals surface area contributed by atoms with Gasteiger partial charge in [-0.15, -0.1) is 0 Å². The molecule has 1 unspecified atom stereocenters. The summed E-state index contributed by atoms with van der Waals surface area (Å²) in [6.07, 6.45) is 1.05. The number of hydrogen-bond donors (Lipinski definition) is 1. The van der Waals surface area contributed by atoms with Gasteiger partial charge in [0.15, 0.2) is 0 Å². The van der Waals surface area contributed by atoms with E-state index < -0.39 is 0 Å². The van der Waals surface area contributed by atoms with Crippen LogP contribution in [0.2, 0.25) is 5.02 Å². The molecule has 1 aromatic carbocycles. The third-order valence-electron chi connectivity index (χ3n) is 2.69. The summed E-state index contributed by atoms with van der Waals surface area (Å²) in [5.74, 6) is 1.48. The van der Waals surface area contributed by atoms with Crippen LogP contribution < -0.4 is 5.32 Å². The Morgan fingerprint density at radius 1 is 1.53 bits per heavy atom. The van der Waals surface area contributed by atoms with Crippen LogP contribution in [0.15, 0.2) is 29.3 Å². The number of halogens is 1. The average Bonchev–Trinajstić information content (AvgIpc) is 2.72. The number of rotatable bonds is 3. The minimum absolute atomic E-state index is 0.367. The smallest absolute Gasteiger partial charge is 0.104 e. The molecule has 1 aliphatic heterocycles. The molecule has 0 fully saturated rings. The van der Waals surface area contributed by atoms with Gasteiger partial charge in [0.1, 0.15) is 5.84 Å². The summed E-state index contributed by atoms with van der Waals surface area (Å²) in [4.78, 5) is 4.48. The van der Waals surface area contributed by atoms with Gasteiger partial charge in [-0.1, -0.05) is 30.7 Å². The van der Waals surface area contributed by atoms with Crippen molar-refractivity contribution in [2.24, 2.45) is 4.99 Å². The molecule has 3 heteroatoms. The first kappa shape index (κ1) is 10.5. The van der Waals surface area contributed by atoms with Crippen LogP contribution in [0.1, 0.15) is 24.8 Å². The van der Waals surface area contributed by atoms with Crippen molar-refractivity contribution in [1.82, 2.24) is 5.32 Å². The second-order valence-corrected chi connectivity index (χ2v) is 4.15. The van der Waals surface area contributed by atoms with E-state index in [0.717, 1.165) is 30.4 Å². The first-order chi connectivity index (χ1) is 7.31. The Labute approximate surface area is 95.4 Å². The Hall–Kier alpha value is -1.02. The minimum atomic E-state index is 0.367. The number of amidine groups is 1. The zero-order valence-electron chi connectivity index (χ0n) is 8.83. The van der Waals surface area contributed by atoms with Crippen LogP contribution in [0.3, 0.4) is 0 Å². The average molecular weight is 223 g/mol. The van der Waals surface area contributed by atoms with Crippen LogP contribution in [0.4, 0.5) is 0 Å². The second-order valence-electron chi connectivity index (χ2n) is 3.71. The van der Waals surface area contributed by atoms with Crippen molar-refractivity contribution in [3.63, 3.8) is 0 Å². The molecule has 80 valence electrons. The van der Waals surface area contributed by atoms with Crippen molar-refractivity contribution < 1.29 is 0 Å². The van der Waals surface area contributed by atoms with E-state index in [1.54, 1.807) is 0 Å². The molecule has 2 rings (SSSR count). The maximum absolute atomic E-state index is 5.99. The van der Waals surface area contributed by atoms with Gasteiger partial charge < -0.3 is 5.32 Å². The van der Waals surface area contributed by atoms with E-state index in [9.17, 15) is 0 Å². The van der Waals surface area contributed by atoms with Gasteiger partial charge in [0.05, 0.1) is 6.54 Å². The summed E-state index contributed by atoms with van der Waals surface area (Å²) in [7, 11) is 0. The Morgan fingerprint density at radius 2 is 2.40 bits per heavy atom. The summed E-state index contributed by atoms with van der Waals surface area (Å²) >= 11 is 5.99. The maximum atomic E-state index is 5.99. The number of benzene rings is 1. The predicted octanol–water partition coefficient (Wildman–Crippen LogP) is 2.84. The maximum Gasteiger partial charge on any atom is 0.104 e. The first-order valence-corrected chi connectivity index (χ1v) is 5.72. The van der Waals surface area contributed by atoms with Crippen molar-refractivity contribution in [1.29, 1.82) is 0 Å². The van der Waals surface area contributed by atoms with Gasteiger partial charge in [0.25, 0.3) is 0 Å². The zero-order valence-corrected chi connectivity index (χ0v) is 9.59. The normalized spacial score (nSPS) is 17.1. The van der Waals surface area contributed by atoms with Crippen molar-refractivity contribution in [2.45, 2.75) is 19.3 Å². The molecule has 1 aliphatic rings.